The second-order valence-corrected chi connectivity index (χ2v) is 7.77. The third kappa shape index (κ3) is 4.86. The highest BCUT2D eigenvalue weighted by atomic mass is 16.5. The van der Waals surface area contributed by atoms with Crippen molar-refractivity contribution in [3.05, 3.63) is 84.1 Å². The van der Waals surface area contributed by atoms with E-state index < -0.39 is 6.09 Å². The number of ether oxygens (including phenoxy) is 1. The quantitative estimate of drug-likeness (QED) is 0.652. The van der Waals surface area contributed by atoms with Gasteiger partial charge in [0.25, 0.3) is 0 Å². The number of aromatic nitrogens is 1. The molecule has 0 saturated carbocycles. The van der Waals surface area contributed by atoms with Crippen molar-refractivity contribution < 1.29 is 14.6 Å². The third-order valence-corrected chi connectivity index (χ3v) is 5.79. The number of nitrogens with zero attached hydrogens (tertiary/aromatic N) is 3. The Bertz CT molecular complexity index is 1030. The molecule has 31 heavy (non-hydrogen) atoms. The van der Waals surface area contributed by atoms with Crippen LogP contribution in [0.15, 0.2) is 72.9 Å². The van der Waals surface area contributed by atoms with E-state index in [1.54, 1.807) is 18.2 Å². The molecule has 0 unspecified atom stereocenters. The molecule has 0 bridgehead atoms. The summed E-state index contributed by atoms with van der Waals surface area (Å²) in [5.41, 5.74) is 4.27. The summed E-state index contributed by atoms with van der Waals surface area (Å²) >= 11 is 0. The summed E-state index contributed by atoms with van der Waals surface area (Å²) in [5.74, 6) is 0.569. The molecule has 1 aromatic heterocycles. The summed E-state index contributed by atoms with van der Waals surface area (Å²) in [6.45, 7) is 2.75. The molecule has 6 nitrogen and oxygen atoms in total. The molecule has 1 aliphatic heterocycles. The second-order valence-electron chi connectivity index (χ2n) is 7.77. The summed E-state index contributed by atoms with van der Waals surface area (Å²) < 4.78 is 5.46. The molecule has 0 radical (unpaired) electrons. The van der Waals surface area contributed by atoms with E-state index in [2.05, 4.69) is 28.1 Å². The van der Waals surface area contributed by atoms with E-state index in [1.165, 1.54) is 5.56 Å². The standard InChI is InChI=1S/C25H27N3O3/c1-31-24-23(12-7-13-26-24)22-11-6-5-10-20(22)16-21-18-27(14-15-28(21)25(29)30)17-19-8-3-2-4-9-19/h2-13,21H,14-18H2,1H3,(H,29,30)/t21-/m1/s1. The molecule has 1 amide bonds. The van der Waals surface area contributed by atoms with Crippen LogP contribution in [0.2, 0.25) is 0 Å². The van der Waals surface area contributed by atoms with Crippen LogP contribution in [0, 0.1) is 0 Å². The SMILES string of the molecule is COc1ncccc1-c1ccccc1C[C@@H]1CN(Cc2ccccc2)CCN1C(=O)O. The van der Waals surface area contributed by atoms with Gasteiger partial charge >= 0.3 is 6.09 Å². The van der Waals surface area contributed by atoms with E-state index in [9.17, 15) is 9.90 Å². The number of rotatable bonds is 6. The number of amides is 1. The predicted octanol–water partition coefficient (Wildman–Crippen LogP) is 4.16. The van der Waals surface area contributed by atoms with Crippen LogP contribution in [0.4, 0.5) is 4.79 Å². The average molecular weight is 418 g/mol. The van der Waals surface area contributed by atoms with Crippen molar-refractivity contribution in [3.63, 3.8) is 0 Å². The highest BCUT2D eigenvalue weighted by Crippen LogP contribution is 2.32. The Balaban J connectivity index is 1.59. The normalized spacial score (nSPS) is 16.8. The van der Waals surface area contributed by atoms with Crippen LogP contribution < -0.4 is 4.74 Å². The van der Waals surface area contributed by atoms with E-state index in [0.717, 1.165) is 29.8 Å². The first kappa shape index (κ1) is 20.9. The molecule has 1 saturated heterocycles. The maximum atomic E-state index is 12.0. The molecule has 4 rings (SSSR count). The lowest BCUT2D eigenvalue weighted by Crippen LogP contribution is -2.55. The maximum Gasteiger partial charge on any atom is 0.407 e. The zero-order valence-electron chi connectivity index (χ0n) is 17.6. The van der Waals surface area contributed by atoms with Gasteiger partial charge < -0.3 is 14.7 Å². The van der Waals surface area contributed by atoms with Crippen molar-refractivity contribution in [2.75, 3.05) is 26.7 Å². The van der Waals surface area contributed by atoms with Crippen LogP contribution in [0.1, 0.15) is 11.1 Å². The Kier molecular flexibility index (Phi) is 6.48. The van der Waals surface area contributed by atoms with Crippen LogP contribution in [-0.4, -0.2) is 58.8 Å². The fourth-order valence-corrected chi connectivity index (χ4v) is 4.30. The number of carboxylic acid groups (broad SMARTS) is 1. The van der Waals surface area contributed by atoms with Crippen molar-refractivity contribution in [1.29, 1.82) is 0 Å². The molecule has 1 atom stereocenters. The lowest BCUT2D eigenvalue weighted by atomic mass is 9.94. The number of methoxy groups -OCH3 is 1. The Morgan fingerprint density at radius 3 is 2.55 bits per heavy atom. The minimum absolute atomic E-state index is 0.126. The van der Waals surface area contributed by atoms with Gasteiger partial charge in [-0.1, -0.05) is 54.6 Å². The number of benzene rings is 2. The number of hydrogen-bond acceptors (Lipinski definition) is 4. The zero-order chi connectivity index (χ0) is 21.6. The molecule has 160 valence electrons. The van der Waals surface area contributed by atoms with Crippen LogP contribution in [0.5, 0.6) is 5.88 Å². The molecule has 6 heteroatoms. The van der Waals surface area contributed by atoms with E-state index in [1.807, 2.05) is 48.5 Å². The Hall–Kier alpha value is -3.38. The Morgan fingerprint density at radius 1 is 1.03 bits per heavy atom. The molecule has 1 N–H and O–H groups in total. The van der Waals surface area contributed by atoms with E-state index in [0.29, 0.717) is 25.4 Å². The zero-order valence-corrected chi connectivity index (χ0v) is 17.6. The van der Waals surface area contributed by atoms with Gasteiger partial charge in [-0.15, -0.1) is 0 Å². The summed E-state index contributed by atoms with van der Waals surface area (Å²) in [7, 11) is 1.61. The van der Waals surface area contributed by atoms with Crippen molar-refractivity contribution >= 4 is 6.09 Å². The number of piperazine rings is 1. The Morgan fingerprint density at radius 2 is 1.77 bits per heavy atom. The molecule has 3 aromatic rings. The lowest BCUT2D eigenvalue weighted by Gasteiger charge is -2.40. The van der Waals surface area contributed by atoms with Crippen molar-refractivity contribution in [1.82, 2.24) is 14.8 Å². The first-order valence-corrected chi connectivity index (χ1v) is 10.5. The average Bonchev–Trinajstić information content (AvgIpc) is 2.80. The fourth-order valence-electron chi connectivity index (χ4n) is 4.30. The van der Waals surface area contributed by atoms with Crippen LogP contribution in [-0.2, 0) is 13.0 Å². The van der Waals surface area contributed by atoms with Gasteiger partial charge in [-0.2, -0.15) is 0 Å². The van der Waals surface area contributed by atoms with Crippen LogP contribution in [0.3, 0.4) is 0 Å². The van der Waals surface area contributed by atoms with Gasteiger partial charge in [0.15, 0.2) is 0 Å². The van der Waals surface area contributed by atoms with Gasteiger partial charge in [0.2, 0.25) is 5.88 Å². The molecule has 0 aliphatic carbocycles. The summed E-state index contributed by atoms with van der Waals surface area (Å²) in [5, 5.41) is 9.81. The first-order chi connectivity index (χ1) is 15.2. The van der Waals surface area contributed by atoms with Gasteiger partial charge in [-0.3, -0.25) is 4.90 Å². The molecular weight excluding hydrogens is 390 g/mol. The van der Waals surface area contributed by atoms with Crippen molar-refractivity contribution in [2.24, 2.45) is 0 Å². The minimum Gasteiger partial charge on any atom is -0.481 e. The number of carbonyl (C=O) groups is 1. The predicted molar refractivity (Wildman–Crippen MR) is 120 cm³/mol. The van der Waals surface area contributed by atoms with Gasteiger partial charge in [-0.05, 0) is 35.2 Å². The lowest BCUT2D eigenvalue weighted by molar-refractivity contribution is 0.0645. The molecular formula is C25H27N3O3. The highest BCUT2D eigenvalue weighted by Gasteiger charge is 2.31. The summed E-state index contributed by atoms with van der Waals surface area (Å²) in [4.78, 5) is 20.2. The summed E-state index contributed by atoms with van der Waals surface area (Å²) in [6.07, 6.45) is 1.48. The fraction of sp³-hybridized carbons (Fsp3) is 0.280. The Labute approximate surface area is 182 Å². The van der Waals surface area contributed by atoms with Gasteiger partial charge in [-0.25, -0.2) is 9.78 Å². The number of pyridine rings is 1. The van der Waals surface area contributed by atoms with Gasteiger partial charge in [0.05, 0.1) is 13.2 Å². The van der Waals surface area contributed by atoms with Crippen LogP contribution in [0.25, 0.3) is 11.1 Å². The monoisotopic (exact) mass is 417 g/mol. The topological polar surface area (TPSA) is 65.9 Å². The smallest absolute Gasteiger partial charge is 0.407 e. The molecule has 0 spiro atoms. The molecule has 1 fully saturated rings. The van der Waals surface area contributed by atoms with Crippen LogP contribution >= 0.6 is 0 Å². The third-order valence-electron chi connectivity index (χ3n) is 5.79. The molecule has 2 heterocycles. The van der Waals surface area contributed by atoms with Crippen molar-refractivity contribution in [2.45, 2.75) is 19.0 Å². The molecule has 1 aliphatic rings. The summed E-state index contributed by atoms with van der Waals surface area (Å²) in [6, 6.07) is 22.2. The highest BCUT2D eigenvalue weighted by molar-refractivity contribution is 5.72. The number of hydrogen-bond donors (Lipinski definition) is 1. The second kappa shape index (κ2) is 9.62. The van der Waals surface area contributed by atoms with Gasteiger partial charge in [0.1, 0.15) is 0 Å². The van der Waals surface area contributed by atoms with Crippen molar-refractivity contribution in [3.8, 4) is 17.0 Å². The maximum absolute atomic E-state index is 12.0. The minimum atomic E-state index is -0.860. The molecule has 2 aromatic carbocycles. The van der Waals surface area contributed by atoms with E-state index >= 15 is 0 Å². The van der Waals surface area contributed by atoms with Gasteiger partial charge in [0, 0.05) is 37.9 Å². The first-order valence-electron chi connectivity index (χ1n) is 10.5. The van der Waals surface area contributed by atoms with E-state index in [4.69, 9.17) is 4.74 Å². The largest absolute Gasteiger partial charge is 0.481 e. The van der Waals surface area contributed by atoms with E-state index in [-0.39, 0.29) is 6.04 Å².